The van der Waals surface area contributed by atoms with E-state index in [4.69, 9.17) is 21.6 Å². The third-order valence-corrected chi connectivity index (χ3v) is 2.35. The number of alkyl halides is 3. The first-order valence-corrected chi connectivity index (χ1v) is 4.94. The number of ether oxygens (including phenoxy) is 1. The summed E-state index contributed by atoms with van der Waals surface area (Å²) in [5, 5.41) is 8.60. The fraction of sp³-hybridized carbons (Fsp3) is 0.400. The molecule has 0 bridgehead atoms. The first kappa shape index (κ1) is 12.7. The standard InChI is InChI=1S/C10H9ClF2N2O/c1-16-8-5-15-7(4-11)6(2-3-14)9(8)10(12)13/h5,10H,2,4H2,1H3. The van der Waals surface area contributed by atoms with Gasteiger partial charge in [0, 0.05) is 5.56 Å². The number of nitrogens with zero attached hydrogens (tertiary/aromatic N) is 2. The van der Waals surface area contributed by atoms with E-state index in [1.165, 1.54) is 13.3 Å². The van der Waals surface area contributed by atoms with Crippen molar-refractivity contribution in [2.24, 2.45) is 0 Å². The van der Waals surface area contributed by atoms with Gasteiger partial charge in [-0.3, -0.25) is 4.98 Å². The molecule has 1 heterocycles. The molecule has 0 aliphatic heterocycles. The van der Waals surface area contributed by atoms with Crippen molar-refractivity contribution in [2.45, 2.75) is 18.7 Å². The van der Waals surface area contributed by atoms with Crippen LogP contribution in [0.3, 0.4) is 0 Å². The van der Waals surface area contributed by atoms with Crippen molar-refractivity contribution in [3.8, 4) is 11.8 Å². The highest BCUT2D eigenvalue weighted by Gasteiger charge is 2.22. The van der Waals surface area contributed by atoms with Gasteiger partial charge in [-0.2, -0.15) is 5.26 Å². The Morgan fingerprint density at radius 1 is 1.62 bits per heavy atom. The third kappa shape index (κ3) is 2.39. The molecule has 0 N–H and O–H groups in total. The number of hydrogen-bond acceptors (Lipinski definition) is 3. The fourth-order valence-electron chi connectivity index (χ4n) is 1.38. The van der Waals surface area contributed by atoms with Gasteiger partial charge in [0.25, 0.3) is 6.43 Å². The van der Waals surface area contributed by atoms with Crippen molar-refractivity contribution in [3.63, 3.8) is 0 Å². The monoisotopic (exact) mass is 246 g/mol. The predicted octanol–water partition coefficient (Wildman–Crippen LogP) is 2.83. The lowest BCUT2D eigenvalue weighted by atomic mass is 10.0. The maximum absolute atomic E-state index is 12.9. The van der Waals surface area contributed by atoms with Gasteiger partial charge in [-0.05, 0) is 0 Å². The second-order valence-electron chi connectivity index (χ2n) is 2.93. The molecule has 0 aliphatic carbocycles. The molecule has 16 heavy (non-hydrogen) atoms. The Balaban J connectivity index is 3.41. The minimum Gasteiger partial charge on any atom is -0.495 e. The summed E-state index contributed by atoms with van der Waals surface area (Å²) in [5.74, 6) is -0.0325. The van der Waals surface area contributed by atoms with Crippen molar-refractivity contribution >= 4 is 11.6 Å². The van der Waals surface area contributed by atoms with Gasteiger partial charge in [-0.1, -0.05) is 0 Å². The van der Waals surface area contributed by atoms with Crippen molar-refractivity contribution in [1.29, 1.82) is 5.26 Å². The summed E-state index contributed by atoms with van der Waals surface area (Å²) in [5.41, 5.74) is 0.154. The van der Waals surface area contributed by atoms with E-state index in [0.29, 0.717) is 5.69 Å². The topological polar surface area (TPSA) is 45.9 Å². The van der Waals surface area contributed by atoms with Crippen LogP contribution in [-0.2, 0) is 12.3 Å². The molecule has 0 amide bonds. The Bertz CT molecular complexity index is 418. The van der Waals surface area contributed by atoms with Crippen LogP contribution >= 0.6 is 11.6 Å². The molecule has 0 spiro atoms. The predicted molar refractivity (Wildman–Crippen MR) is 54.6 cm³/mol. The van der Waals surface area contributed by atoms with Gasteiger partial charge in [0.2, 0.25) is 0 Å². The van der Waals surface area contributed by atoms with Crippen molar-refractivity contribution < 1.29 is 13.5 Å². The molecule has 1 aromatic rings. The van der Waals surface area contributed by atoms with E-state index in [-0.39, 0.29) is 29.2 Å². The molecule has 0 saturated carbocycles. The molecule has 0 aliphatic rings. The molecule has 1 rings (SSSR count). The SMILES string of the molecule is COc1cnc(CCl)c(CC#N)c1C(F)F. The summed E-state index contributed by atoms with van der Waals surface area (Å²) in [6.45, 7) is 0. The lowest BCUT2D eigenvalue weighted by Gasteiger charge is -2.13. The third-order valence-electron chi connectivity index (χ3n) is 2.10. The normalized spacial score (nSPS) is 10.2. The van der Waals surface area contributed by atoms with E-state index in [1.54, 1.807) is 0 Å². The van der Waals surface area contributed by atoms with Gasteiger partial charge in [-0.25, -0.2) is 8.78 Å². The summed E-state index contributed by atoms with van der Waals surface area (Å²) in [7, 11) is 1.28. The number of pyridine rings is 1. The zero-order valence-electron chi connectivity index (χ0n) is 8.51. The van der Waals surface area contributed by atoms with Gasteiger partial charge in [-0.15, -0.1) is 11.6 Å². The quantitative estimate of drug-likeness (QED) is 0.768. The number of methoxy groups -OCH3 is 1. The number of halogens is 3. The smallest absolute Gasteiger partial charge is 0.267 e. The Morgan fingerprint density at radius 2 is 2.31 bits per heavy atom. The second-order valence-corrected chi connectivity index (χ2v) is 3.20. The molecule has 0 aromatic carbocycles. The highest BCUT2D eigenvalue weighted by molar-refractivity contribution is 6.17. The highest BCUT2D eigenvalue weighted by Crippen LogP contribution is 2.33. The van der Waals surface area contributed by atoms with Gasteiger partial charge in [0.1, 0.15) is 5.75 Å². The minimum atomic E-state index is -2.72. The molecule has 3 nitrogen and oxygen atoms in total. The van der Waals surface area contributed by atoms with Gasteiger partial charge < -0.3 is 4.74 Å². The van der Waals surface area contributed by atoms with E-state index in [2.05, 4.69) is 4.98 Å². The zero-order chi connectivity index (χ0) is 12.1. The summed E-state index contributed by atoms with van der Waals surface area (Å²) in [6, 6.07) is 1.82. The maximum atomic E-state index is 12.9. The van der Waals surface area contributed by atoms with E-state index in [0.717, 1.165) is 0 Å². The van der Waals surface area contributed by atoms with Crippen LogP contribution in [0.5, 0.6) is 5.75 Å². The van der Waals surface area contributed by atoms with Crippen molar-refractivity contribution in [3.05, 3.63) is 23.0 Å². The summed E-state index contributed by atoms with van der Waals surface area (Å²) in [4.78, 5) is 3.89. The van der Waals surface area contributed by atoms with E-state index in [1.807, 2.05) is 6.07 Å². The average Bonchev–Trinajstić information content (AvgIpc) is 2.28. The lowest BCUT2D eigenvalue weighted by molar-refractivity contribution is 0.145. The Morgan fingerprint density at radius 3 is 2.75 bits per heavy atom. The molecule has 0 fully saturated rings. The molecule has 0 saturated heterocycles. The van der Waals surface area contributed by atoms with Crippen LogP contribution in [0.2, 0.25) is 0 Å². The largest absolute Gasteiger partial charge is 0.495 e. The molecule has 0 radical (unpaired) electrons. The summed E-state index contributed by atoms with van der Waals surface area (Å²) < 4.78 is 30.5. The second kappa shape index (κ2) is 5.61. The molecule has 6 heteroatoms. The van der Waals surface area contributed by atoms with Gasteiger partial charge in [0.15, 0.2) is 0 Å². The Labute approximate surface area is 96.6 Å². The average molecular weight is 247 g/mol. The van der Waals surface area contributed by atoms with E-state index in [9.17, 15) is 8.78 Å². The van der Waals surface area contributed by atoms with Crippen LogP contribution < -0.4 is 4.74 Å². The number of aromatic nitrogens is 1. The number of nitriles is 1. The highest BCUT2D eigenvalue weighted by atomic mass is 35.5. The van der Waals surface area contributed by atoms with Crippen LogP contribution in [-0.4, -0.2) is 12.1 Å². The molecule has 86 valence electrons. The van der Waals surface area contributed by atoms with Crippen LogP contribution in [0.1, 0.15) is 23.2 Å². The van der Waals surface area contributed by atoms with E-state index >= 15 is 0 Å². The van der Waals surface area contributed by atoms with Gasteiger partial charge in [0.05, 0.1) is 42.9 Å². The van der Waals surface area contributed by atoms with Gasteiger partial charge >= 0.3 is 0 Å². The van der Waals surface area contributed by atoms with Crippen LogP contribution in [0.15, 0.2) is 6.20 Å². The summed E-state index contributed by atoms with van der Waals surface area (Å²) in [6.07, 6.45) is -1.69. The van der Waals surface area contributed by atoms with Crippen LogP contribution in [0, 0.1) is 11.3 Å². The van der Waals surface area contributed by atoms with Crippen LogP contribution in [0.4, 0.5) is 8.78 Å². The van der Waals surface area contributed by atoms with Crippen LogP contribution in [0.25, 0.3) is 0 Å². The molecular formula is C10H9ClF2N2O. The van der Waals surface area contributed by atoms with E-state index < -0.39 is 6.43 Å². The molecular weight excluding hydrogens is 238 g/mol. The van der Waals surface area contributed by atoms with Crippen molar-refractivity contribution in [1.82, 2.24) is 4.98 Å². The molecule has 1 aromatic heterocycles. The zero-order valence-corrected chi connectivity index (χ0v) is 9.26. The fourth-order valence-corrected chi connectivity index (χ4v) is 1.61. The minimum absolute atomic E-state index is 0.0132. The lowest BCUT2D eigenvalue weighted by Crippen LogP contribution is -2.04. The number of rotatable bonds is 4. The first-order valence-electron chi connectivity index (χ1n) is 4.41. The summed E-state index contributed by atoms with van der Waals surface area (Å²) >= 11 is 5.58. The molecule has 0 unspecified atom stereocenters. The first-order chi connectivity index (χ1) is 7.65. The Kier molecular flexibility index (Phi) is 4.44. The Hall–Kier alpha value is -1.41. The van der Waals surface area contributed by atoms with Crippen molar-refractivity contribution in [2.75, 3.05) is 7.11 Å². The number of hydrogen-bond donors (Lipinski definition) is 0. The maximum Gasteiger partial charge on any atom is 0.267 e. The molecule has 0 atom stereocenters.